The fourth-order valence-electron chi connectivity index (χ4n) is 1.68. The fraction of sp³-hybridized carbons (Fsp3) is 0.312. The van der Waals surface area contributed by atoms with Crippen LogP contribution in [-0.2, 0) is 19.1 Å². The van der Waals surface area contributed by atoms with Crippen molar-refractivity contribution in [3.8, 4) is 11.5 Å². The first-order chi connectivity index (χ1) is 12.3. The number of hydrogen-bond donors (Lipinski definition) is 2. The van der Waals surface area contributed by atoms with Crippen LogP contribution >= 0.6 is 0 Å². The van der Waals surface area contributed by atoms with Crippen LogP contribution in [0.15, 0.2) is 24.3 Å². The Kier molecular flexibility index (Phi) is 8.55. The van der Waals surface area contributed by atoms with E-state index in [1.54, 1.807) is 6.92 Å². The van der Waals surface area contributed by atoms with Gasteiger partial charge in [0, 0.05) is 6.08 Å². The van der Waals surface area contributed by atoms with Crippen molar-refractivity contribution in [2.45, 2.75) is 13.5 Å². The number of carbonyl (C=O) groups is 3. The summed E-state index contributed by atoms with van der Waals surface area (Å²) in [7, 11) is 0. The topological polar surface area (TPSA) is 117 Å². The first-order valence-corrected chi connectivity index (χ1v) is 7.43. The summed E-state index contributed by atoms with van der Waals surface area (Å²) in [5.74, 6) is -2.27. The SMILES string of the molecule is CCOc1cc(/C=C/C(=O)OCC(=O)NCC(N)=O)ccc1OC(F)F. The number of alkyl halides is 2. The highest BCUT2D eigenvalue weighted by Crippen LogP contribution is 2.30. The molecule has 8 nitrogen and oxygen atoms in total. The summed E-state index contributed by atoms with van der Waals surface area (Å²) in [6.45, 7) is -2.03. The van der Waals surface area contributed by atoms with Crippen molar-refractivity contribution in [2.75, 3.05) is 19.8 Å². The molecule has 142 valence electrons. The Hall–Kier alpha value is -3.17. The first kappa shape index (κ1) is 20.9. The van der Waals surface area contributed by atoms with Gasteiger partial charge in [-0.25, -0.2) is 4.79 Å². The molecule has 10 heteroatoms. The van der Waals surface area contributed by atoms with Crippen LogP contribution in [0.1, 0.15) is 12.5 Å². The lowest BCUT2D eigenvalue weighted by atomic mass is 10.2. The van der Waals surface area contributed by atoms with E-state index in [0.717, 1.165) is 6.08 Å². The van der Waals surface area contributed by atoms with Crippen molar-refractivity contribution in [1.29, 1.82) is 0 Å². The monoisotopic (exact) mass is 372 g/mol. The van der Waals surface area contributed by atoms with Gasteiger partial charge < -0.3 is 25.3 Å². The van der Waals surface area contributed by atoms with E-state index in [0.29, 0.717) is 5.56 Å². The maximum absolute atomic E-state index is 12.3. The van der Waals surface area contributed by atoms with Crippen molar-refractivity contribution in [2.24, 2.45) is 5.73 Å². The van der Waals surface area contributed by atoms with Gasteiger partial charge in [0.15, 0.2) is 18.1 Å². The number of ether oxygens (including phenoxy) is 3. The van der Waals surface area contributed by atoms with Gasteiger partial charge in [0.05, 0.1) is 13.2 Å². The number of rotatable bonds is 10. The number of esters is 1. The van der Waals surface area contributed by atoms with Crippen LogP contribution < -0.4 is 20.5 Å². The highest BCUT2D eigenvalue weighted by Gasteiger charge is 2.11. The molecule has 26 heavy (non-hydrogen) atoms. The number of benzene rings is 1. The quantitative estimate of drug-likeness (QED) is 0.464. The van der Waals surface area contributed by atoms with Crippen LogP contribution in [0.5, 0.6) is 11.5 Å². The molecule has 0 radical (unpaired) electrons. The number of halogens is 2. The summed E-state index contributed by atoms with van der Waals surface area (Å²) in [6.07, 6.45) is 2.39. The number of primary amides is 1. The Labute approximate surface area is 147 Å². The second-order valence-electron chi connectivity index (χ2n) is 4.70. The van der Waals surface area contributed by atoms with Crippen LogP contribution in [0.2, 0.25) is 0 Å². The smallest absolute Gasteiger partial charge is 0.387 e. The van der Waals surface area contributed by atoms with Crippen molar-refractivity contribution in [1.82, 2.24) is 5.32 Å². The average molecular weight is 372 g/mol. The summed E-state index contributed by atoms with van der Waals surface area (Å²) in [6, 6.07) is 4.12. The van der Waals surface area contributed by atoms with Crippen molar-refractivity contribution in [3.63, 3.8) is 0 Å². The molecule has 1 rings (SSSR count). The molecule has 0 bridgehead atoms. The van der Waals surface area contributed by atoms with Crippen LogP contribution in [0, 0.1) is 0 Å². The number of carbonyl (C=O) groups excluding carboxylic acids is 3. The predicted octanol–water partition coefficient (Wildman–Crippen LogP) is 0.845. The van der Waals surface area contributed by atoms with Crippen molar-refractivity contribution in [3.05, 3.63) is 29.8 Å². The Morgan fingerprint density at radius 3 is 2.62 bits per heavy atom. The van der Waals surface area contributed by atoms with E-state index in [1.165, 1.54) is 24.3 Å². The van der Waals surface area contributed by atoms with E-state index in [2.05, 4.69) is 14.8 Å². The lowest BCUT2D eigenvalue weighted by Gasteiger charge is -2.11. The Balaban J connectivity index is 2.63. The van der Waals surface area contributed by atoms with Gasteiger partial charge in [0.25, 0.3) is 5.91 Å². The predicted molar refractivity (Wildman–Crippen MR) is 86.4 cm³/mol. The van der Waals surface area contributed by atoms with Gasteiger partial charge in [-0.15, -0.1) is 0 Å². The standard InChI is InChI=1S/C16H18F2N2O6/c1-2-24-12-7-10(3-5-11(12)26-16(17)18)4-6-15(23)25-9-14(22)20-8-13(19)21/h3-7,16H,2,8-9H2,1H3,(H2,19,21)(H,20,22)/b6-4+. The zero-order valence-electron chi connectivity index (χ0n) is 13.9. The van der Waals surface area contributed by atoms with Crippen LogP contribution in [0.25, 0.3) is 6.08 Å². The molecular formula is C16H18F2N2O6. The molecule has 0 aliphatic heterocycles. The Morgan fingerprint density at radius 1 is 1.27 bits per heavy atom. The van der Waals surface area contributed by atoms with E-state index in [9.17, 15) is 23.2 Å². The number of nitrogens with two attached hydrogens (primary N) is 1. The third-order valence-corrected chi connectivity index (χ3v) is 2.70. The summed E-state index contributed by atoms with van der Waals surface area (Å²) >= 11 is 0. The molecule has 0 heterocycles. The Bertz CT molecular complexity index is 679. The van der Waals surface area contributed by atoms with Crippen LogP contribution in [-0.4, -0.2) is 44.2 Å². The average Bonchev–Trinajstić information content (AvgIpc) is 2.58. The molecule has 0 aliphatic rings. The van der Waals surface area contributed by atoms with E-state index < -0.39 is 31.0 Å². The molecule has 0 aliphatic carbocycles. The molecule has 1 aromatic carbocycles. The Morgan fingerprint density at radius 2 is 2.00 bits per heavy atom. The summed E-state index contributed by atoms with van der Waals surface area (Å²) in [5, 5.41) is 2.15. The minimum atomic E-state index is -2.99. The first-order valence-electron chi connectivity index (χ1n) is 7.43. The molecule has 0 spiro atoms. The third-order valence-electron chi connectivity index (χ3n) is 2.70. The maximum atomic E-state index is 12.3. The highest BCUT2D eigenvalue weighted by atomic mass is 19.3. The van der Waals surface area contributed by atoms with Gasteiger partial charge in [0.1, 0.15) is 0 Å². The fourth-order valence-corrected chi connectivity index (χ4v) is 1.68. The van der Waals surface area contributed by atoms with E-state index in [-0.39, 0.29) is 24.7 Å². The van der Waals surface area contributed by atoms with Gasteiger partial charge in [-0.3, -0.25) is 9.59 Å². The molecule has 0 unspecified atom stereocenters. The molecular weight excluding hydrogens is 354 g/mol. The summed E-state index contributed by atoms with van der Waals surface area (Å²) < 4.78 is 38.9. The van der Waals surface area contributed by atoms with Gasteiger partial charge in [-0.1, -0.05) is 6.07 Å². The van der Waals surface area contributed by atoms with E-state index >= 15 is 0 Å². The number of amides is 2. The van der Waals surface area contributed by atoms with Gasteiger partial charge in [-0.05, 0) is 30.7 Å². The summed E-state index contributed by atoms with van der Waals surface area (Å²) in [4.78, 5) is 33.3. The second-order valence-corrected chi connectivity index (χ2v) is 4.70. The number of hydrogen-bond acceptors (Lipinski definition) is 6. The zero-order valence-corrected chi connectivity index (χ0v) is 13.9. The third kappa shape index (κ3) is 8.08. The lowest BCUT2D eigenvalue weighted by molar-refractivity contribution is -0.143. The normalized spacial score (nSPS) is 10.6. The lowest BCUT2D eigenvalue weighted by Crippen LogP contribution is -2.35. The maximum Gasteiger partial charge on any atom is 0.387 e. The van der Waals surface area contributed by atoms with Crippen LogP contribution in [0.4, 0.5) is 8.78 Å². The van der Waals surface area contributed by atoms with Crippen LogP contribution in [0.3, 0.4) is 0 Å². The molecule has 0 atom stereocenters. The minimum Gasteiger partial charge on any atom is -0.490 e. The highest BCUT2D eigenvalue weighted by molar-refractivity contribution is 5.90. The molecule has 0 fully saturated rings. The van der Waals surface area contributed by atoms with E-state index in [4.69, 9.17) is 10.5 Å². The largest absolute Gasteiger partial charge is 0.490 e. The van der Waals surface area contributed by atoms with Gasteiger partial charge in [-0.2, -0.15) is 8.78 Å². The second kappa shape index (κ2) is 10.6. The molecule has 0 saturated heterocycles. The molecule has 0 aromatic heterocycles. The summed E-state index contributed by atoms with van der Waals surface area (Å²) in [5.41, 5.74) is 5.31. The number of nitrogens with one attached hydrogen (secondary N) is 1. The van der Waals surface area contributed by atoms with Gasteiger partial charge in [0.2, 0.25) is 5.91 Å². The molecule has 1 aromatic rings. The van der Waals surface area contributed by atoms with Crippen molar-refractivity contribution >= 4 is 23.9 Å². The van der Waals surface area contributed by atoms with Gasteiger partial charge >= 0.3 is 12.6 Å². The molecule has 2 amide bonds. The van der Waals surface area contributed by atoms with Crippen molar-refractivity contribution < 1.29 is 37.4 Å². The molecule has 0 saturated carbocycles. The molecule has 3 N–H and O–H groups in total. The van der Waals surface area contributed by atoms with E-state index in [1.807, 2.05) is 0 Å². The minimum absolute atomic E-state index is 0.0918. The zero-order chi connectivity index (χ0) is 19.5.